The van der Waals surface area contributed by atoms with E-state index in [1.54, 1.807) is 12.4 Å². The Morgan fingerprint density at radius 2 is 2.11 bits per heavy atom. The van der Waals surface area contributed by atoms with E-state index in [1.165, 1.54) is 0 Å². The van der Waals surface area contributed by atoms with Crippen molar-refractivity contribution in [1.29, 1.82) is 0 Å². The molecule has 1 unspecified atom stereocenters. The molecule has 0 radical (unpaired) electrons. The summed E-state index contributed by atoms with van der Waals surface area (Å²) in [5.41, 5.74) is 2.83. The van der Waals surface area contributed by atoms with Crippen molar-refractivity contribution in [1.82, 2.24) is 19.5 Å². The van der Waals surface area contributed by atoms with Crippen molar-refractivity contribution in [3.63, 3.8) is 0 Å². The first-order chi connectivity index (χ1) is 9.25. The smallest absolute Gasteiger partial charge is 0.160 e. The van der Waals surface area contributed by atoms with Gasteiger partial charge in [0.1, 0.15) is 11.3 Å². The number of aromatic nitrogens is 4. The number of halogens is 1. The number of alkyl halides is 1. The monoisotopic (exact) mass is 272 g/mol. The largest absolute Gasteiger partial charge is 0.307 e. The molecule has 5 heteroatoms. The van der Waals surface area contributed by atoms with Gasteiger partial charge in [-0.3, -0.25) is 4.98 Å². The Hall–Kier alpha value is -1.94. The second-order valence-corrected chi connectivity index (χ2v) is 5.03. The van der Waals surface area contributed by atoms with E-state index in [2.05, 4.69) is 15.0 Å². The first-order valence-electron chi connectivity index (χ1n) is 6.10. The summed E-state index contributed by atoms with van der Waals surface area (Å²) in [6, 6.07) is 7.79. The van der Waals surface area contributed by atoms with Crippen molar-refractivity contribution >= 4 is 22.8 Å². The lowest BCUT2D eigenvalue weighted by molar-refractivity contribution is 0.734. The highest BCUT2D eigenvalue weighted by molar-refractivity contribution is 6.20. The summed E-state index contributed by atoms with van der Waals surface area (Å²) in [6.07, 6.45) is 5.38. The van der Waals surface area contributed by atoms with Gasteiger partial charge in [0.15, 0.2) is 5.65 Å². The van der Waals surface area contributed by atoms with Gasteiger partial charge in [-0.1, -0.05) is 6.07 Å². The van der Waals surface area contributed by atoms with Crippen molar-refractivity contribution in [2.24, 2.45) is 0 Å². The SMILES string of the molecule is CC(Cl)c1nc2cccnc2n1Cc1cccnc1. The number of imidazole rings is 1. The van der Waals surface area contributed by atoms with Crippen molar-refractivity contribution in [2.45, 2.75) is 18.8 Å². The lowest BCUT2D eigenvalue weighted by Gasteiger charge is -2.09. The van der Waals surface area contributed by atoms with Gasteiger partial charge in [-0.25, -0.2) is 9.97 Å². The molecule has 0 fully saturated rings. The van der Waals surface area contributed by atoms with Crippen LogP contribution < -0.4 is 0 Å². The Balaban J connectivity index is 2.12. The molecule has 0 saturated heterocycles. The molecular formula is C14H13ClN4. The minimum atomic E-state index is -0.161. The maximum atomic E-state index is 6.22. The summed E-state index contributed by atoms with van der Waals surface area (Å²) >= 11 is 6.22. The fourth-order valence-electron chi connectivity index (χ4n) is 2.11. The third-order valence-corrected chi connectivity index (χ3v) is 3.15. The summed E-state index contributed by atoms with van der Waals surface area (Å²) in [7, 11) is 0. The Morgan fingerprint density at radius 1 is 1.26 bits per heavy atom. The van der Waals surface area contributed by atoms with E-state index in [-0.39, 0.29) is 5.38 Å². The van der Waals surface area contributed by atoms with Crippen LogP contribution in [0.4, 0.5) is 0 Å². The Bertz CT molecular complexity index is 691. The maximum Gasteiger partial charge on any atom is 0.160 e. The first kappa shape index (κ1) is 12.1. The number of fused-ring (bicyclic) bond motifs is 1. The van der Waals surface area contributed by atoms with Crippen LogP contribution in [0.15, 0.2) is 42.9 Å². The van der Waals surface area contributed by atoms with Crippen molar-refractivity contribution < 1.29 is 0 Å². The standard InChI is InChI=1S/C14H13ClN4/c1-10(15)13-18-12-5-3-7-17-14(12)19(13)9-11-4-2-6-16-8-11/h2-8,10H,9H2,1H3. The maximum absolute atomic E-state index is 6.22. The molecule has 0 aliphatic carbocycles. The van der Waals surface area contributed by atoms with Crippen LogP contribution in [0.1, 0.15) is 23.7 Å². The molecule has 19 heavy (non-hydrogen) atoms. The van der Waals surface area contributed by atoms with Gasteiger partial charge in [-0.2, -0.15) is 0 Å². The second-order valence-electron chi connectivity index (χ2n) is 4.38. The highest BCUT2D eigenvalue weighted by Gasteiger charge is 2.15. The summed E-state index contributed by atoms with van der Waals surface area (Å²) in [6.45, 7) is 2.59. The van der Waals surface area contributed by atoms with Crippen LogP contribution >= 0.6 is 11.6 Å². The lowest BCUT2D eigenvalue weighted by atomic mass is 10.3. The van der Waals surface area contributed by atoms with Gasteiger partial charge in [0.05, 0.1) is 11.9 Å². The minimum Gasteiger partial charge on any atom is -0.307 e. The molecule has 0 aromatic carbocycles. The number of rotatable bonds is 3. The summed E-state index contributed by atoms with van der Waals surface area (Å²) in [5.74, 6) is 0.833. The van der Waals surface area contributed by atoms with Gasteiger partial charge in [0.25, 0.3) is 0 Å². The molecule has 0 N–H and O–H groups in total. The predicted octanol–water partition coefficient (Wildman–Crippen LogP) is 3.17. The van der Waals surface area contributed by atoms with E-state index in [4.69, 9.17) is 11.6 Å². The number of hydrogen-bond donors (Lipinski definition) is 0. The van der Waals surface area contributed by atoms with Crippen molar-refractivity contribution in [2.75, 3.05) is 0 Å². The van der Waals surface area contributed by atoms with Crippen molar-refractivity contribution in [3.05, 3.63) is 54.2 Å². The lowest BCUT2D eigenvalue weighted by Crippen LogP contribution is -2.06. The van der Waals surface area contributed by atoms with Crippen molar-refractivity contribution in [3.8, 4) is 0 Å². The molecule has 0 aliphatic rings. The average molecular weight is 273 g/mol. The average Bonchev–Trinajstić information content (AvgIpc) is 2.79. The van der Waals surface area contributed by atoms with Gasteiger partial charge in [-0.15, -0.1) is 11.6 Å². The van der Waals surface area contributed by atoms with Crippen LogP contribution in [-0.4, -0.2) is 19.5 Å². The molecule has 4 nitrogen and oxygen atoms in total. The zero-order valence-electron chi connectivity index (χ0n) is 10.5. The highest BCUT2D eigenvalue weighted by Crippen LogP contribution is 2.24. The van der Waals surface area contributed by atoms with Crippen LogP contribution in [0.25, 0.3) is 11.2 Å². The number of nitrogens with zero attached hydrogens (tertiary/aromatic N) is 4. The van der Waals surface area contributed by atoms with E-state index in [1.807, 2.05) is 42.0 Å². The molecule has 3 heterocycles. The van der Waals surface area contributed by atoms with E-state index in [0.717, 1.165) is 22.6 Å². The molecule has 3 aromatic heterocycles. The van der Waals surface area contributed by atoms with Crippen LogP contribution in [0, 0.1) is 0 Å². The molecule has 0 bridgehead atoms. The van der Waals surface area contributed by atoms with Gasteiger partial charge in [0.2, 0.25) is 0 Å². The third kappa shape index (κ3) is 2.31. The highest BCUT2D eigenvalue weighted by atomic mass is 35.5. The van der Waals surface area contributed by atoms with Gasteiger partial charge >= 0.3 is 0 Å². The van der Waals surface area contributed by atoms with Gasteiger partial charge in [-0.05, 0) is 30.7 Å². The van der Waals surface area contributed by atoms with E-state index in [9.17, 15) is 0 Å². The topological polar surface area (TPSA) is 43.6 Å². The third-order valence-electron chi connectivity index (χ3n) is 2.95. The minimum absolute atomic E-state index is 0.161. The molecule has 3 aromatic rings. The molecule has 96 valence electrons. The summed E-state index contributed by atoms with van der Waals surface area (Å²) < 4.78 is 2.05. The summed E-state index contributed by atoms with van der Waals surface area (Å²) in [4.78, 5) is 13.1. The molecule has 0 saturated carbocycles. The molecule has 0 aliphatic heterocycles. The van der Waals surface area contributed by atoms with Gasteiger partial charge < -0.3 is 4.57 Å². The zero-order chi connectivity index (χ0) is 13.2. The Labute approximate surface area is 116 Å². The zero-order valence-corrected chi connectivity index (χ0v) is 11.2. The quantitative estimate of drug-likeness (QED) is 0.688. The van der Waals surface area contributed by atoms with Crippen LogP contribution in [0.2, 0.25) is 0 Å². The predicted molar refractivity (Wildman–Crippen MR) is 75.1 cm³/mol. The van der Waals surface area contributed by atoms with Crippen LogP contribution in [0.5, 0.6) is 0 Å². The normalized spacial score (nSPS) is 12.7. The molecule has 3 rings (SSSR count). The van der Waals surface area contributed by atoms with E-state index in [0.29, 0.717) is 6.54 Å². The second kappa shape index (κ2) is 4.97. The number of pyridine rings is 2. The van der Waals surface area contributed by atoms with Crippen LogP contribution in [0.3, 0.4) is 0 Å². The molecule has 1 atom stereocenters. The Morgan fingerprint density at radius 3 is 2.84 bits per heavy atom. The molecule has 0 spiro atoms. The van der Waals surface area contributed by atoms with E-state index < -0.39 is 0 Å². The Kier molecular flexibility index (Phi) is 3.17. The molecule has 0 amide bonds. The fraction of sp³-hybridized carbons (Fsp3) is 0.214. The molecular weight excluding hydrogens is 260 g/mol. The van der Waals surface area contributed by atoms with Crippen LogP contribution in [-0.2, 0) is 6.54 Å². The van der Waals surface area contributed by atoms with E-state index >= 15 is 0 Å². The summed E-state index contributed by atoms with van der Waals surface area (Å²) in [5, 5.41) is -0.161. The fourth-order valence-corrected chi connectivity index (χ4v) is 2.28. The number of hydrogen-bond acceptors (Lipinski definition) is 3. The first-order valence-corrected chi connectivity index (χ1v) is 6.53. The van der Waals surface area contributed by atoms with Gasteiger partial charge in [0, 0.05) is 18.6 Å².